The topological polar surface area (TPSA) is 29.3 Å². The number of nitrogens with two attached hydrogens (primary N) is 1. The predicted octanol–water partition coefficient (Wildman–Crippen LogP) is 2.68. The van der Waals surface area contributed by atoms with Gasteiger partial charge >= 0.3 is 0 Å². The zero-order valence-corrected chi connectivity index (χ0v) is 9.92. The molecule has 2 rings (SSSR count). The van der Waals surface area contributed by atoms with Gasteiger partial charge in [-0.3, -0.25) is 0 Å². The lowest BCUT2D eigenvalue weighted by molar-refractivity contribution is 0.617. The highest BCUT2D eigenvalue weighted by Gasteiger charge is 2.15. The van der Waals surface area contributed by atoms with Crippen molar-refractivity contribution in [2.45, 2.75) is 19.4 Å². The smallest absolute Gasteiger partial charge is 0.0377 e. The summed E-state index contributed by atoms with van der Waals surface area (Å²) in [6.45, 7) is 4.37. The van der Waals surface area contributed by atoms with Crippen LogP contribution < -0.4 is 10.6 Å². The molecule has 0 spiro atoms. The first-order valence-corrected chi connectivity index (χ1v) is 5.78. The van der Waals surface area contributed by atoms with Gasteiger partial charge in [0, 0.05) is 29.3 Å². The molecular formula is C11H15BrN2. The number of hydrogen-bond acceptors (Lipinski definition) is 2. The standard InChI is InChI=1S/C11H15BrN2/c1-8(13)10-4-3-9(7-11(10)12)14-5-2-6-14/h3-4,7-8H,2,5-6,13H2,1H3/t8-/m0/s1. The van der Waals surface area contributed by atoms with E-state index in [1.165, 1.54) is 30.8 Å². The fourth-order valence-corrected chi connectivity index (χ4v) is 2.38. The first kappa shape index (κ1) is 9.99. The van der Waals surface area contributed by atoms with Gasteiger partial charge < -0.3 is 10.6 Å². The van der Waals surface area contributed by atoms with Crippen LogP contribution in [0.2, 0.25) is 0 Å². The first-order valence-electron chi connectivity index (χ1n) is 4.98. The third-order valence-corrected chi connectivity index (χ3v) is 3.38. The molecule has 1 aliphatic rings. The second kappa shape index (κ2) is 3.91. The highest BCUT2D eigenvalue weighted by molar-refractivity contribution is 9.10. The zero-order chi connectivity index (χ0) is 10.1. The van der Waals surface area contributed by atoms with Crippen molar-refractivity contribution in [3.05, 3.63) is 28.2 Å². The molecule has 0 bridgehead atoms. The molecule has 0 aliphatic carbocycles. The van der Waals surface area contributed by atoms with E-state index in [0.29, 0.717) is 0 Å². The molecule has 1 atom stereocenters. The van der Waals surface area contributed by atoms with E-state index >= 15 is 0 Å². The van der Waals surface area contributed by atoms with Crippen molar-refractivity contribution in [3.8, 4) is 0 Å². The van der Waals surface area contributed by atoms with E-state index in [1.807, 2.05) is 6.92 Å². The van der Waals surface area contributed by atoms with Crippen LogP contribution in [0.3, 0.4) is 0 Å². The SMILES string of the molecule is C[C@H](N)c1ccc(N2CCC2)cc1Br. The van der Waals surface area contributed by atoms with Crippen LogP contribution >= 0.6 is 15.9 Å². The Hall–Kier alpha value is -0.540. The Kier molecular flexibility index (Phi) is 2.79. The van der Waals surface area contributed by atoms with Crippen LogP contribution in [0, 0.1) is 0 Å². The Labute approximate surface area is 93.2 Å². The normalized spacial score (nSPS) is 17.8. The summed E-state index contributed by atoms with van der Waals surface area (Å²) in [5, 5.41) is 0. The van der Waals surface area contributed by atoms with Crippen molar-refractivity contribution in [2.75, 3.05) is 18.0 Å². The van der Waals surface area contributed by atoms with Crippen molar-refractivity contribution < 1.29 is 0 Å². The van der Waals surface area contributed by atoms with E-state index < -0.39 is 0 Å². The Morgan fingerprint density at radius 2 is 2.14 bits per heavy atom. The van der Waals surface area contributed by atoms with Crippen LogP contribution in [0.4, 0.5) is 5.69 Å². The number of nitrogens with zero attached hydrogens (tertiary/aromatic N) is 1. The van der Waals surface area contributed by atoms with Gasteiger partial charge in [-0.25, -0.2) is 0 Å². The molecule has 1 saturated heterocycles. The Morgan fingerprint density at radius 3 is 2.57 bits per heavy atom. The van der Waals surface area contributed by atoms with Gasteiger partial charge in [-0.05, 0) is 31.0 Å². The van der Waals surface area contributed by atoms with E-state index in [-0.39, 0.29) is 6.04 Å². The average molecular weight is 255 g/mol. The fourth-order valence-electron chi connectivity index (χ4n) is 1.66. The Morgan fingerprint density at radius 1 is 1.43 bits per heavy atom. The van der Waals surface area contributed by atoms with Crippen molar-refractivity contribution in [1.82, 2.24) is 0 Å². The highest BCUT2D eigenvalue weighted by atomic mass is 79.9. The molecular weight excluding hydrogens is 240 g/mol. The van der Waals surface area contributed by atoms with E-state index in [2.05, 4.69) is 39.0 Å². The Balaban J connectivity index is 2.25. The van der Waals surface area contributed by atoms with Crippen LogP contribution in [-0.4, -0.2) is 13.1 Å². The zero-order valence-electron chi connectivity index (χ0n) is 8.33. The van der Waals surface area contributed by atoms with Gasteiger partial charge in [0.1, 0.15) is 0 Å². The molecule has 2 N–H and O–H groups in total. The van der Waals surface area contributed by atoms with Crippen LogP contribution in [0.25, 0.3) is 0 Å². The van der Waals surface area contributed by atoms with E-state index in [0.717, 1.165) is 4.47 Å². The molecule has 1 aromatic rings. The third kappa shape index (κ3) is 1.79. The van der Waals surface area contributed by atoms with Gasteiger partial charge in [0.25, 0.3) is 0 Å². The highest BCUT2D eigenvalue weighted by Crippen LogP contribution is 2.29. The Bertz CT molecular complexity index is 332. The van der Waals surface area contributed by atoms with Crippen LogP contribution in [0.5, 0.6) is 0 Å². The number of anilines is 1. The monoisotopic (exact) mass is 254 g/mol. The van der Waals surface area contributed by atoms with Crippen LogP contribution in [0.1, 0.15) is 24.9 Å². The minimum Gasteiger partial charge on any atom is -0.371 e. The number of hydrogen-bond donors (Lipinski definition) is 1. The molecule has 3 heteroatoms. The molecule has 0 aromatic heterocycles. The summed E-state index contributed by atoms with van der Waals surface area (Å²) in [5.41, 5.74) is 8.32. The first-order chi connectivity index (χ1) is 6.68. The lowest BCUT2D eigenvalue weighted by atomic mass is 10.1. The van der Waals surface area contributed by atoms with E-state index in [9.17, 15) is 0 Å². The summed E-state index contributed by atoms with van der Waals surface area (Å²) in [4.78, 5) is 2.37. The van der Waals surface area contributed by atoms with Crippen molar-refractivity contribution in [1.29, 1.82) is 0 Å². The molecule has 1 heterocycles. The molecule has 0 unspecified atom stereocenters. The van der Waals surface area contributed by atoms with Gasteiger partial charge in [-0.2, -0.15) is 0 Å². The van der Waals surface area contributed by atoms with Crippen molar-refractivity contribution in [2.24, 2.45) is 5.73 Å². The maximum atomic E-state index is 5.84. The second-order valence-corrected chi connectivity index (χ2v) is 4.69. The molecule has 1 aliphatic heterocycles. The van der Waals surface area contributed by atoms with Gasteiger partial charge in [-0.1, -0.05) is 22.0 Å². The molecule has 0 saturated carbocycles. The summed E-state index contributed by atoms with van der Waals surface area (Å²) in [6.07, 6.45) is 1.31. The maximum absolute atomic E-state index is 5.84. The summed E-state index contributed by atoms with van der Waals surface area (Å²) in [5.74, 6) is 0. The maximum Gasteiger partial charge on any atom is 0.0377 e. The molecule has 1 aromatic carbocycles. The lowest BCUT2D eigenvalue weighted by Gasteiger charge is -2.33. The van der Waals surface area contributed by atoms with Gasteiger partial charge in [0.05, 0.1) is 0 Å². The van der Waals surface area contributed by atoms with E-state index in [1.54, 1.807) is 0 Å². The lowest BCUT2D eigenvalue weighted by Crippen LogP contribution is -2.36. The molecule has 2 nitrogen and oxygen atoms in total. The number of halogens is 1. The third-order valence-electron chi connectivity index (χ3n) is 2.70. The van der Waals surface area contributed by atoms with Crippen LogP contribution in [-0.2, 0) is 0 Å². The quantitative estimate of drug-likeness (QED) is 0.880. The molecule has 76 valence electrons. The van der Waals surface area contributed by atoms with Crippen LogP contribution in [0.15, 0.2) is 22.7 Å². The van der Waals surface area contributed by atoms with Gasteiger partial charge in [-0.15, -0.1) is 0 Å². The predicted molar refractivity (Wildman–Crippen MR) is 63.6 cm³/mol. The molecule has 1 fully saturated rings. The molecule has 14 heavy (non-hydrogen) atoms. The van der Waals surface area contributed by atoms with Gasteiger partial charge in [0.15, 0.2) is 0 Å². The molecule has 0 amide bonds. The largest absolute Gasteiger partial charge is 0.371 e. The summed E-state index contributed by atoms with van der Waals surface area (Å²) < 4.78 is 1.12. The molecule has 0 radical (unpaired) electrons. The number of rotatable bonds is 2. The summed E-state index contributed by atoms with van der Waals surface area (Å²) >= 11 is 3.56. The number of benzene rings is 1. The minimum atomic E-state index is 0.0924. The van der Waals surface area contributed by atoms with E-state index in [4.69, 9.17) is 5.73 Å². The minimum absolute atomic E-state index is 0.0924. The van der Waals surface area contributed by atoms with Gasteiger partial charge in [0.2, 0.25) is 0 Å². The van der Waals surface area contributed by atoms with Crippen molar-refractivity contribution in [3.63, 3.8) is 0 Å². The van der Waals surface area contributed by atoms with Crippen molar-refractivity contribution >= 4 is 21.6 Å². The fraction of sp³-hybridized carbons (Fsp3) is 0.455. The second-order valence-electron chi connectivity index (χ2n) is 3.84. The summed E-state index contributed by atoms with van der Waals surface area (Å²) in [7, 11) is 0. The average Bonchev–Trinajstić information content (AvgIpc) is 2.00. The summed E-state index contributed by atoms with van der Waals surface area (Å²) in [6, 6.07) is 6.53.